The predicted octanol–water partition coefficient (Wildman–Crippen LogP) is 5.11. The summed E-state index contributed by atoms with van der Waals surface area (Å²) in [5, 5.41) is 3.06. The molecule has 4 aromatic rings. The van der Waals surface area contributed by atoms with Gasteiger partial charge in [0, 0.05) is 24.2 Å². The number of nitrogens with one attached hydrogen (secondary N) is 1. The SMILES string of the molecule is CC(=O)Nc1nc2c(Oc3cc(-c4ccc(C(F)(F)F)cc4N)ncn3)cccc2s1. The molecule has 0 aliphatic rings. The molecule has 0 unspecified atom stereocenters. The third kappa shape index (κ3) is 4.40. The molecule has 0 aliphatic carbocycles. The van der Waals surface area contributed by atoms with Gasteiger partial charge in [-0.15, -0.1) is 0 Å². The molecule has 31 heavy (non-hydrogen) atoms. The quantitative estimate of drug-likeness (QED) is 0.424. The highest BCUT2D eigenvalue weighted by molar-refractivity contribution is 7.22. The van der Waals surface area contributed by atoms with Crippen molar-refractivity contribution in [1.29, 1.82) is 0 Å². The summed E-state index contributed by atoms with van der Waals surface area (Å²) in [4.78, 5) is 23.8. The van der Waals surface area contributed by atoms with Crippen molar-refractivity contribution in [2.24, 2.45) is 0 Å². The van der Waals surface area contributed by atoms with Crippen LogP contribution in [0.4, 0.5) is 24.0 Å². The fourth-order valence-electron chi connectivity index (χ4n) is 2.84. The van der Waals surface area contributed by atoms with Gasteiger partial charge in [0.25, 0.3) is 0 Å². The van der Waals surface area contributed by atoms with Gasteiger partial charge in [-0.3, -0.25) is 4.79 Å². The Morgan fingerprint density at radius 1 is 1.16 bits per heavy atom. The Kier molecular flexibility index (Phi) is 5.19. The second-order valence-electron chi connectivity index (χ2n) is 6.45. The van der Waals surface area contributed by atoms with Crippen molar-refractivity contribution in [3.63, 3.8) is 0 Å². The van der Waals surface area contributed by atoms with Crippen molar-refractivity contribution in [3.8, 4) is 22.9 Å². The maximum absolute atomic E-state index is 12.9. The number of amides is 1. The lowest BCUT2D eigenvalue weighted by atomic mass is 10.1. The number of aromatic nitrogens is 3. The topological polar surface area (TPSA) is 103 Å². The number of hydrogen-bond donors (Lipinski definition) is 2. The van der Waals surface area contributed by atoms with Crippen LogP contribution in [0, 0.1) is 0 Å². The summed E-state index contributed by atoms with van der Waals surface area (Å²) < 4.78 is 45.3. The number of halogens is 3. The number of nitrogen functional groups attached to an aromatic ring is 1. The van der Waals surface area contributed by atoms with E-state index in [0.717, 1.165) is 16.8 Å². The van der Waals surface area contributed by atoms with Gasteiger partial charge in [0.15, 0.2) is 10.9 Å². The zero-order chi connectivity index (χ0) is 22.2. The van der Waals surface area contributed by atoms with Gasteiger partial charge in [-0.1, -0.05) is 23.5 Å². The van der Waals surface area contributed by atoms with Gasteiger partial charge in [-0.25, -0.2) is 15.0 Å². The monoisotopic (exact) mass is 445 g/mol. The molecule has 2 aromatic carbocycles. The van der Waals surface area contributed by atoms with E-state index in [-0.39, 0.29) is 17.5 Å². The Balaban J connectivity index is 1.66. The standard InChI is InChI=1S/C20H14F3N5O2S/c1-10(29)27-19-28-18-15(3-2-4-16(18)31-19)30-17-8-14(25-9-26-17)12-6-5-11(7-13(12)24)20(21,22)23/h2-9H,24H2,1H3,(H,27,28,29). The van der Waals surface area contributed by atoms with E-state index in [9.17, 15) is 18.0 Å². The number of rotatable bonds is 4. The lowest BCUT2D eigenvalue weighted by Gasteiger charge is -2.11. The van der Waals surface area contributed by atoms with Gasteiger partial charge in [0.2, 0.25) is 11.8 Å². The number of carbonyl (C=O) groups excluding carboxylic acids is 1. The number of thiazole rings is 1. The molecule has 158 valence electrons. The zero-order valence-corrected chi connectivity index (χ0v) is 16.7. The molecular formula is C20H14F3N5O2S. The molecule has 11 heteroatoms. The van der Waals surface area contributed by atoms with Crippen LogP contribution in [0.3, 0.4) is 0 Å². The number of para-hydroxylation sites is 1. The molecule has 1 amide bonds. The summed E-state index contributed by atoms with van der Waals surface area (Å²) in [7, 11) is 0. The Bertz CT molecular complexity index is 1290. The third-order valence-electron chi connectivity index (χ3n) is 4.18. The van der Waals surface area contributed by atoms with Crippen LogP contribution in [-0.4, -0.2) is 20.9 Å². The summed E-state index contributed by atoms with van der Waals surface area (Å²) in [6, 6.07) is 9.81. The van der Waals surface area contributed by atoms with Crippen molar-refractivity contribution < 1.29 is 22.7 Å². The molecule has 0 atom stereocenters. The van der Waals surface area contributed by atoms with E-state index in [1.165, 1.54) is 36.7 Å². The molecule has 2 heterocycles. The number of nitrogens with zero attached hydrogens (tertiary/aromatic N) is 3. The van der Waals surface area contributed by atoms with Gasteiger partial charge in [0.1, 0.15) is 11.8 Å². The first-order valence-electron chi connectivity index (χ1n) is 8.85. The van der Waals surface area contributed by atoms with Gasteiger partial charge in [0.05, 0.1) is 16.0 Å². The second-order valence-corrected chi connectivity index (χ2v) is 7.48. The number of ether oxygens (including phenoxy) is 1. The summed E-state index contributed by atoms with van der Waals surface area (Å²) >= 11 is 1.29. The van der Waals surface area contributed by atoms with Crippen LogP contribution in [0.2, 0.25) is 0 Å². The van der Waals surface area contributed by atoms with Crippen molar-refractivity contribution in [3.05, 3.63) is 54.4 Å². The normalized spacial score (nSPS) is 11.5. The predicted molar refractivity (Wildman–Crippen MR) is 111 cm³/mol. The highest BCUT2D eigenvalue weighted by Gasteiger charge is 2.31. The van der Waals surface area contributed by atoms with Gasteiger partial charge in [-0.2, -0.15) is 13.2 Å². The summed E-state index contributed by atoms with van der Waals surface area (Å²) in [5.74, 6) is 0.317. The number of nitrogens with two attached hydrogens (primary N) is 1. The number of hydrogen-bond acceptors (Lipinski definition) is 7. The molecular weight excluding hydrogens is 431 g/mol. The lowest BCUT2D eigenvalue weighted by Crippen LogP contribution is -2.06. The lowest BCUT2D eigenvalue weighted by molar-refractivity contribution is -0.137. The summed E-state index contributed by atoms with van der Waals surface area (Å²) in [5.41, 5.74) is 6.07. The molecule has 2 aromatic heterocycles. The highest BCUT2D eigenvalue weighted by Crippen LogP contribution is 2.36. The zero-order valence-electron chi connectivity index (χ0n) is 15.9. The smallest absolute Gasteiger partial charge is 0.416 e. The summed E-state index contributed by atoms with van der Waals surface area (Å²) in [6.45, 7) is 1.39. The molecule has 0 aliphatic heterocycles. The molecule has 0 spiro atoms. The Labute approximate surface area is 177 Å². The number of benzene rings is 2. The number of alkyl halides is 3. The van der Waals surface area contributed by atoms with E-state index in [4.69, 9.17) is 10.5 Å². The van der Waals surface area contributed by atoms with Crippen LogP contribution in [0.25, 0.3) is 21.5 Å². The van der Waals surface area contributed by atoms with Crippen LogP contribution in [0.15, 0.2) is 48.8 Å². The average molecular weight is 445 g/mol. The van der Waals surface area contributed by atoms with Crippen molar-refractivity contribution in [2.45, 2.75) is 13.1 Å². The number of carbonyl (C=O) groups is 1. The molecule has 4 rings (SSSR count). The number of fused-ring (bicyclic) bond motifs is 1. The Morgan fingerprint density at radius 3 is 2.68 bits per heavy atom. The first-order valence-corrected chi connectivity index (χ1v) is 9.66. The van der Waals surface area contributed by atoms with Crippen LogP contribution < -0.4 is 15.8 Å². The van der Waals surface area contributed by atoms with Crippen molar-refractivity contribution in [2.75, 3.05) is 11.1 Å². The van der Waals surface area contributed by atoms with Gasteiger partial charge >= 0.3 is 6.18 Å². The first kappa shape index (κ1) is 20.5. The molecule has 7 nitrogen and oxygen atoms in total. The van der Waals surface area contributed by atoms with Crippen LogP contribution in [0.1, 0.15) is 12.5 Å². The van der Waals surface area contributed by atoms with Crippen LogP contribution in [0.5, 0.6) is 11.6 Å². The van der Waals surface area contributed by atoms with Crippen molar-refractivity contribution >= 4 is 38.3 Å². The fraction of sp³-hybridized carbons (Fsp3) is 0.100. The first-order chi connectivity index (χ1) is 14.7. The van der Waals surface area contributed by atoms with E-state index in [0.29, 0.717) is 27.7 Å². The third-order valence-corrected chi connectivity index (χ3v) is 5.11. The molecule has 0 saturated heterocycles. The minimum Gasteiger partial charge on any atom is -0.437 e. The molecule has 3 N–H and O–H groups in total. The van der Waals surface area contributed by atoms with E-state index in [1.807, 2.05) is 6.07 Å². The molecule has 0 radical (unpaired) electrons. The minimum absolute atomic E-state index is 0.0685. The van der Waals surface area contributed by atoms with E-state index < -0.39 is 11.7 Å². The Hall–Kier alpha value is -3.73. The minimum atomic E-state index is -4.49. The molecule has 0 saturated carbocycles. The molecule has 0 fully saturated rings. The van der Waals surface area contributed by atoms with Gasteiger partial charge in [-0.05, 0) is 24.3 Å². The maximum Gasteiger partial charge on any atom is 0.416 e. The van der Waals surface area contributed by atoms with Crippen molar-refractivity contribution in [1.82, 2.24) is 15.0 Å². The van der Waals surface area contributed by atoms with E-state index >= 15 is 0 Å². The van der Waals surface area contributed by atoms with E-state index in [2.05, 4.69) is 20.3 Å². The largest absolute Gasteiger partial charge is 0.437 e. The Morgan fingerprint density at radius 2 is 1.97 bits per heavy atom. The summed E-state index contributed by atoms with van der Waals surface area (Å²) in [6.07, 6.45) is -3.26. The second kappa shape index (κ2) is 7.84. The van der Waals surface area contributed by atoms with Gasteiger partial charge < -0.3 is 15.8 Å². The fourth-order valence-corrected chi connectivity index (χ4v) is 3.77. The number of anilines is 2. The highest BCUT2D eigenvalue weighted by atomic mass is 32.1. The van der Waals surface area contributed by atoms with Crippen LogP contribution in [-0.2, 0) is 11.0 Å². The van der Waals surface area contributed by atoms with E-state index in [1.54, 1.807) is 12.1 Å². The van der Waals surface area contributed by atoms with Crippen LogP contribution >= 0.6 is 11.3 Å². The maximum atomic E-state index is 12.9. The molecule has 0 bridgehead atoms. The average Bonchev–Trinajstić information content (AvgIpc) is 3.10.